The predicted molar refractivity (Wildman–Crippen MR) is 312 cm³/mol. The molecule has 18 unspecified atom stereocenters. The molecular formula is C64H90O27. The van der Waals surface area contributed by atoms with E-state index in [1.54, 1.807) is 0 Å². The van der Waals surface area contributed by atoms with E-state index >= 15 is 0 Å². The number of hydrogen-bond acceptors (Lipinski definition) is 27. The minimum Gasteiger partial charge on any atom is -0.462 e. The number of aliphatic hydroxyl groups excluding tert-OH is 5. The van der Waals surface area contributed by atoms with Crippen LogP contribution < -0.4 is 0 Å². The molecule has 11 aliphatic heterocycles. The Kier molecular flexibility index (Phi) is 27.7. The molecule has 5 N–H and O–H groups in total. The highest BCUT2D eigenvalue weighted by molar-refractivity contribution is 5.90. The first-order valence-electron chi connectivity index (χ1n) is 31.4. The molecule has 18 atom stereocenters. The molecule has 0 amide bonds. The first-order chi connectivity index (χ1) is 43.5. The molecule has 91 heavy (non-hydrogen) atoms. The van der Waals surface area contributed by atoms with Gasteiger partial charge in [-0.25, -0.2) is 28.8 Å². The van der Waals surface area contributed by atoms with Crippen molar-refractivity contribution in [2.24, 2.45) is 23.7 Å². The van der Waals surface area contributed by atoms with E-state index in [1.165, 1.54) is 6.42 Å². The Labute approximate surface area is 528 Å². The van der Waals surface area contributed by atoms with E-state index in [4.69, 9.17) is 87.1 Å². The van der Waals surface area contributed by atoms with Gasteiger partial charge in [-0.05, 0) is 88.9 Å². The van der Waals surface area contributed by atoms with E-state index < -0.39 is 68.2 Å². The van der Waals surface area contributed by atoms with E-state index in [0.29, 0.717) is 49.6 Å². The quantitative estimate of drug-likeness (QED) is 0.0340. The van der Waals surface area contributed by atoms with E-state index in [9.17, 15) is 38.4 Å². The van der Waals surface area contributed by atoms with Gasteiger partial charge in [0.25, 0.3) is 0 Å². The van der Waals surface area contributed by atoms with E-state index in [2.05, 4.69) is 37.6 Å². The molecule has 11 heterocycles. The van der Waals surface area contributed by atoms with Crippen LogP contribution in [0.4, 0.5) is 0 Å². The van der Waals surface area contributed by atoms with Gasteiger partial charge in [0, 0.05) is 18.8 Å². The van der Waals surface area contributed by atoms with E-state index in [1.807, 2.05) is 13.8 Å². The van der Waals surface area contributed by atoms with Crippen LogP contribution in [-0.2, 0) is 105 Å². The van der Waals surface area contributed by atoms with Crippen LogP contribution in [0.25, 0.3) is 0 Å². The van der Waals surface area contributed by atoms with Crippen LogP contribution in [0, 0.1) is 23.7 Å². The van der Waals surface area contributed by atoms with Gasteiger partial charge in [0.05, 0.1) is 141 Å². The van der Waals surface area contributed by atoms with Crippen LogP contribution >= 0.6 is 0 Å². The third-order valence-electron chi connectivity index (χ3n) is 17.8. The maximum atomic E-state index is 11.7. The summed E-state index contributed by atoms with van der Waals surface area (Å²) in [5.74, 6) is -3.40. The van der Waals surface area contributed by atoms with E-state index in [0.717, 1.165) is 70.6 Å². The summed E-state index contributed by atoms with van der Waals surface area (Å²) >= 11 is 0. The van der Waals surface area contributed by atoms with Gasteiger partial charge < -0.3 is 91.8 Å². The molecule has 508 valence electrons. The summed E-state index contributed by atoms with van der Waals surface area (Å²) in [5, 5.41) is 43.6. The van der Waals surface area contributed by atoms with Crippen LogP contribution in [0.15, 0.2) is 60.8 Å². The molecule has 0 aromatic rings. The molecule has 10 bridgehead atoms. The lowest BCUT2D eigenvalue weighted by Gasteiger charge is -2.31. The molecule has 0 radical (unpaired) electrons. The zero-order valence-electron chi connectivity index (χ0n) is 51.9. The average Bonchev–Trinajstić information content (AvgIpc) is 1.59. The van der Waals surface area contributed by atoms with E-state index in [-0.39, 0.29) is 158 Å². The molecule has 11 fully saturated rings. The largest absolute Gasteiger partial charge is 0.462 e. The summed E-state index contributed by atoms with van der Waals surface area (Å²) in [6.07, 6.45) is 13.9. The van der Waals surface area contributed by atoms with Crippen molar-refractivity contribution >= 4 is 47.8 Å². The molecule has 11 saturated heterocycles. The van der Waals surface area contributed by atoms with Crippen LogP contribution in [-0.4, -0.2) is 231 Å². The van der Waals surface area contributed by atoms with Gasteiger partial charge in [0.2, 0.25) is 0 Å². The summed E-state index contributed by atoms with van der Waals surface area (Å²) in [4.78, 5) is 90.9. The summed E-state index contributed by atoms with van der Waals surface area (Å²) < 4.78 is 74.4. The highest BCUT2D eigenvalue weighted by Crippen LogP contribution is 2.48. The first kappa shape index (κ1) is 72.4. The Morgan fingerprint density at radius 3 is 1.41 bits per heavy atom. The fourth-order valence-electron chi connectivity index (χ4n) is 13.0. The first-order valence-corrected chi connectivity index (χ1v) is 31.4. The molecule has 0 aromatic heterocycles. The van der Waals surface area contributed by atoms with Crippen LogP contribution in [0.2, 0.25) is 0 Å². The van der Waals surface area contributed by atoms with Crippen molar-refractivity contribution in [1.29, 1.82) is 0 Å². The maximum Gasteiger partial charge on any atom is 0.344 e. The number of fused-ring (bicyclic) bond motifs is 9. The monoisotopic (exact) mass is 1290 g/mol. The molecule has 0 aromatic carbocycles. The zero-order chi connectivity index (χ0) is 66.1. The summed E-state index contributed by atoms with van der Waals surface area (Å²) in [6, 6.07) is 0. The maximum absolute atomic E-state index is 11.7. The summed E-state index contributed by atoms with van der Waals surface area (Å²) in [5.41, 5.74) is 0.107. The van der Waals surface area contributed by atoms with Gasteiger partial charge >= 0.3 is 47.8 Å². The van der Waals surface area contributed by atoms with Crippen molar-refractivity contribution in [3.05, 3.63) is 60.8 Å². The third-order valence-corrected chi connectivity index (χ3v) is 17.8. The number of carbonyl (C=O) groups is 8. The minimum atomic E-state index is -0.793. The minimum absolute atomic E-state index is 0.000761. The molecule has 0 aliphatic carbocycles. The van der Waals surface area contributed by atoms with Gasteiger partial charge in [0.1, 0.15) is 43.7 Å². The lowest BCUT2D eigenvalue weighted by Crippen LogP contribution is -2.39. The van der Waals surface area contributed by atoms with Gasteiger partial charge in [-0.3, -0.25) is 9.59 Å². The van der Waals surface area contributed by atoms with Gasteiger partial charge in [0.15, 0.2) is 12.7 Å². The number of ether oxygens (including phenoxy) is 14. The van der Waals surface area contributed by atoms with Gasteiger partial charge in [-0.2, -0.15) is 0 Å². The number of hydrogen-bond donors (Lipinski definition) is 5. The summed E-state index contributed by atoms with van der Waals surface area (Å²) in [6.45, 7) is 19.0. The van der Waals surface area contributed by atoms with Crippen LogP contribution in [0.5, 0.6) is 0 Å². The molecule has 27 heteroatoms. The second-order valence-corrected chi connectivity index (χ2v) is 24.6. The van der Waals surface area contributed by atoms with Crippen molar-refractivity contribution in [2.75, 3.05) is 66.1 Å². The molecule has 0 spiro atoms. The zero-order valence-corrected chi connectivity index (χ0v) is 51.9. The Hall–Kier alpha value is -5.98. The molecule has 0 saturated carbocycles. The lowest BCUT2D eigenvalue weighted by molar-refractivity contribution is -0.162. The Morgan fingerprint density at radius 1 is 0.484 bits per heavy atom. The van der Waals surface area contributed by atoms with Crippen molar-refractivity contribution in [3.63, 3.8) is 0 Å². The molecular weight excluding hydrogens is 1200 g/mol. The second kappa shape index (κ2) is 34.8. The fourth-order valence-corrected chi connectivity index (χ4v) is 13.0. The molecule has 11 rings (SSSR count). The fraction of sp³-hybridized carbons (Fsp3) is 0.719. The summed E-state index contributed by atoms with van der Waals surface area (Å²) in [7, 11) is 0. The van der Waals surface area contributed by atoms with Crippen molar-refractivity contribution < 1.29 is 130 Å². The molecule has 11 aliphatic rings. The number of rotatable bonds is 27. The Morgan fingerprint density at radius 2 is 0.945 bits per heavy atom. The predicted octanol–water partition coefficient (Wildman–Crippen LogP) is 2.15. The SMILES string of the molecule is C=C(CO)C(=O)OC(C(C)C)C1CC2CCC1O2.C=C(CO)C(=O)OCC(=O)OC1CC2CCC1O2.C=C(CO)C(=O)OCCC(=O)OC1CC2CCC1O2.C=C(CO)C(=O)OCCC1CC2CCC1O2.C=C(CO)C(=O)OCCOC1C2CC3C(=O)OC1C3O2. The Balaban J connectivity index is 0.000000162. The number of carbonyl (C=O) groups excluding carboxylic acids is 8. The normalized spacial score (nSPS) is 31.6. The smallest absolute Gasteiger partial charge is 0.344 e. The number of aliphatic hydroxyl groups is 5. The topological polar surface area (TPSA) is 367 Å². The highest BCUT2D eigenvalue weighted by atomic mass is 16.7. The van der Waals surface area contributed by atoms with Gasteiger partial charge in [-0.15, -0.1) is 0 Å². The highest BCUT2D eigenvalue weighted by Gasteiger charge is 2.64. The van der Waals surface area contributed by atoms with Crippen molar-refractivity contribution in [1.82, 2.24) is 0 Å². The average molecular weight is 1290 g/mol. The standard InChI is InChI=1S/C14H22O4.C13H16O7.C13H18O6.C12H16O6.C12H18O4/c1-8(2)13(18-14(16)9(3)7-15)11-6-10-4-5-12(11)17-10;1-6(5-14)12(15)18-3-2-17-10-8-4-7-9(19-8)11(10)20-13(7)16;1-8(7-14)13(16)17-5-4-12(15)19-11-6-9-2-3-10(11)18-9;1-7(5-13)12(15)16-6-11(14)18-10-4-8-2-3-9(10)17-8;1-8(7-13)12(14)15-5-4-9-6-10-2-3-11(9)16-10/h8,10-13,15H,3-7H2,1-2H3;7-11,14H,1-5H2;9-11,14H,1-7H2;8-10,13H,1-6H2;9-11,13H,1-7H2. The molecule has 27 nitrogen and oxygen atoms in total. The van der Waals surface area contributed by atoms with Crippen LogP contribution in [0.3, 0.4) is 0 Å². The second-order valence-electron chi connectivity index (χ2n) is 24.6. The van der Waals surface area contributed by atoms with Gasteiger partial charge in [-0.1, -0.05) is 46.7 Å². The van der Waals surface area contributed by atoms with Crippen LogP contribution in [0.1, 0.15) is 110 Å². The Bertz CT molecular complexity index is 2620. The van der Waals surface area contributed by atoms with Crippen molar-refractivity contribution in [2.45, 2.75) is 202 Å². The number of esters is 8. The van der Waals surface area contributed by atoms with Crippen molar-refractivity contribution in [3.8, 4) is 0 Å². The lowest BCUT2D eigenvalue weighted by atomic mass is 9.81. The third kappa shape index (κ3) is 20.0.